The number of halogens is 1. The number of hydrogen-bond donors (Lipinski definition) is 0. The predicted octanol–water partition coefficient (Wildman–Crippen LogP) is 0.498. The fraction of sp³-hybridized carbons (Fsp3) is 0.250. The monoisotopic (exact) mass is 106 g/mol. The van der Waals surface area contributed by atoms with E-state index in [4.69, 9.17) is 0 Å². The zero-order valence-corrected chi connectivity index (χ0v) is 4.01. The normalized spacial score (nSPS) is 5.86. The van der Waals surface area contributed by atoms with E-state index in [0.717, 1.165) is 6.08 Å². The van der Waals surface area contributed by atoms with E-state index in [1.165, 1.54) is 7.11 Å². The lowest BCUT2D eigenvalue weighted by Gasteiger charge is -1.83. The van der Waals surface area contributed by atoms with Crippen LogP contribution in [0, 0.1) is 0 Å². The van der Waals surface area contributed by atoms with Crippen molar-refractivity contribution < 1.29 is 14.2 Å². The maximum atomic E-state index is 9.84. The molecule has 0 amide bonds. The minimum atomic E-state index is -0.394. The molecule has 0 aliphatic rings. The van der Waals surface area contributed by atoms with E-state index in [1.54, 1.807) is 0 Å². The summed E-state index contributed by atoms with van der Waals surface area (Å²) < 4.78 is 4.14. The molecule has 0 aromatic carbocycles. The van der Waals surface area contributed by atoms with Gasteiger partial charge in [0.2, 0.25) is 0 Å². The molecule has 0 unspecified atom stereocenters. The first-order chi connectivity index (χ1) is 2.81. The number of hydrogen-bond acceptors (Lipinski definition) is 2. The van der Waals surface area contributed by atoms with Crippen LogP contribution in [0.1, 0.15) is 0 Å². The van der Waals surface area contributed by atoms with E-state index in [2.05, 4.69) is 11.3 Å². The first-order valence-corrected chi connectivity index (χ1v) is 1.51. The first kappa shape index (κ1) is 9.46. The van der Waals surface area contributed by atoms with Crippen molar-refractivity contribution in [2.75, 3.05) is 7.11 Å². The SMILES string of the molecule is C=CC(=O)OC.F. The van der Waals surface area contributed by atoms with Crippen LogP contribution < -0.4 is 0 Å². The Balaban J connectivity index is 0. The summed E-state index contributed by atoms with van der Waals surface area (Å²) in [6.07, 6.45) is 1.11. The maximum Gasteiger partial charge on any atom is 0.329 e. The van der Waals surface area contributed by atoms with Crippen molar-refractivity contribution in [3.05, 3.63) is 12.7 Å². The number of carbonyl (C=O) groups excluding carboxylic acids is 1. The smallest absolute Gasteiger partial charge is 0.329 e. The van der Waals surface area contributed by atoms with E-state index in [1.807, 2.05) is 0 Å². The fourth-order valence-electron chi connectivity index (χ4n) is 0.0833. The van der Waals surface area contributed by atoms with Crippen LogP contribution >= 0.6 is 0 Å². The van der Waals surface area contributed by atoms with Gasteiger partial charge in [0.25, 0.3) is 0 Å². The molecule has 0 spiro atoms. The van der Waals surface area contributed by atoms with Crippen LogP contribution in [-0.4, -0.2) is 13.1 Å². The third-order valence-electron chi connectivity index (χ3n) is 0.368. The molecule has 0 aliphatic carbocycles. The third kappa shape index (κ3) is 5.14. The third-order valence-corrected chi connectivity index (χ3v) is 0.368. The lowest BCUT2D eigenvalue weighted by atomic mass is 10.7. The summed E-state index contributed by atoms with van der Waals surface area (Å²) in [4.78, 5) is 9.84. The van der Waals surface area contributed by atoms with Gasteiger partial charge in [0.1, 0.15) is 0 Å². The van der Waals surface area contributed by atoms with Crippen molar-refractivity contribution >= 4 is 5.97 Å². The summed E-state index contributed by atoms with van der Waals surface area (Å²) in [5.41, 5.74) is 0. The Labute approximate surface area is 41.1 Å². The molecule has 0 bridgehead atoms. The Morgan fingerprint density at radius 2 is 2.29 bits per heavy atom. The minimum absolute atomic E-state index is 0. The van der Waals surface area contributed by atoms with Crippen molar-refractivity contribution in [2.45, 2.75) is 0 Å². The Kier molecular flexibility index (Phi) is 6.95. The highest BCUT2D eigenvalue weighted by molar-refractivity contribution is 5.80. The second-order valence-electron chi connectivity index (χ2n) is 0.727. The Morgan fingerprint density at radius 3 is 2.29 bits per heavy atom. The molecular formula is C4H7FO2. The van der Waals surface area contributed by atoms with Crippen LogP contribution in [0.25, 0.3) is 0 Å². The van der Waals surface area contributed by atoms with E-state index < -0.39 is 5.97 Å². The summed E-state index contributed by atoms with van der Waals surface area (Å²) in [6, 6.07) is 0. The lowest BCUT2D eigenvalue weighted by molar-refractivity contribution is -0.134. The average Bonchev–Trinajstić information content (AvgIpc) is 1.65. The number of methoxy groups -OCH3 is 1. The van der Waals surface area contributed by atoms with Gasteiger partial charge in [-0.2, -0.15) is 0 Å². The highest BCUT2D eigenvalue weighted by Gasteiger charge is 1.81. The van der Waals surface area contributed by atoms with Gasteiger partial charge in [-0.05, 0) is 0 Å². The summed E-state index contributed by atoms with van der Waals surface area (Å²) in [7, 11) is 1.31. The highest BCUT2D eigenvalue weighted by Crippen LogP contribution is 1.67. The van der Waals surface area contributed by atoms with Crippen molar-refractivity contribution in [1.82, 2.24) is 0 Å². The largest absolute Gasteiger partial charge is 0.466 e. The number of carbonyl (C=O) groups is 1. The molecule has 0 aromatic heterocycles. The first-order valence-electron chi connectivity index (χ1n) is 1.51. The quantitative estimate of drug-likeness (QED) is 0.359. The molecule has 0 saturated carbocycles. The molecule has 0 radical (unpaired) electrons. The molecule has 0 heterocycles. The molecular weight excluding hydrogens is 99.0 g/mol. The summed E-state index contributed by atoms with van der Waals surface area (Å²) in [5.74, 6) is -0.394. The Hall–Kier alpha value is -0.860. The molecule has 0 N–H and O–H groups in total. The minimum Gasteiger partial charge on any atom is -0.466 e. The van der Waals surface area contributed by atoms with E-state index in [0.29, 0.717) is 0 Å². The number of rotatable bonds is 1. The molecule has 2 nitrogen and oxygen atoms in total. The molecule has 0 rings (SSSR count). The summed E-state index contributed by atoms with van der Waals surface area (Å²) >= 11 is 0. The Morgan fingerprint density at radius 1 is 1.86 bits per heavy atom. The molecule has 3 heteroatoms. The fourth-order valence-corrected chi connectivity index (χ4v) is 0.0833. The van der Waals surface area contributed by atoms with Gasteiger partial charge in [-0.25, -0.2) is 4.79 Å². The van der Waals surface area contributed by atoms with Crippen LogP contribution in [0.3, 0.4) is 0 Å². The number of esters is 1. The molecule has 0 fully saturated rings. The van der Waals surface area contributed by atoms with Crippen molar-refractivity contribution in [3.63, 3.8) is 0 Å². The van der Waals surface area contributed by atoms with Gasteiger partial charge in [-0.1, -0.05) is 6.58 Å². The van der Waals surface area contributed by atoms with Crippen LogP contribution in [-0.2, 0) is 9.53 Å². The average molecular weight is 106 g/mol. The van der Waals surface area contributed by atoms with Crippen molar-refractivity contribution in [3.8, 4) is 0 Å². The van der Waals surface area contributed by atoms with E-state index >= 15 is 0 Å². The van der Waals surface area contributed by atoms with E-state index in [-0.39, 0.29) is 4.70 Å². The molecule has 0 aliphatic heterocycles. The van der Waals surface area contributed by atoms with Crippen LogP contribution in [0.5, 0.6) is 0 Å². The summed E-state index contributed by atoms with van der Waals surface area (Å²) in [5, 5.41) is 0. The highest BCUT2D eigenvalue weighted by atomic mass is 19.0. The standard InChI is InChI=1S/C4H6O2.FH/c1-3-4(5)6-2;/h3H,1H2,2H3;1H. The maximum absolute atomic E-state index is 9.84. The van der Waals surface area contributed by atoms with Gasteiger partial charge < -0.3 is 4.74 Å². The second-order valence-corrected chi connectivity index (χ2v) is 0.727. The van der Waals surface area contributed by atoms with Crippen molar-refractivity contribution in [1.29, 1.82) is 0 Å². The van der Waals surface area contributed by atoms with Gasteiger partial charge >= 0.3 is 5.97 Å². The molecule has 7 heavy (non-hydrogen) atoms. The van der Waals surface area contributed by atoms with Crippen LogP contribution in [0.15, 0.2) is 12.7 Å². The topological polar surface area (TPSA) is 26.3 Å². The lowest BCUT2D eigenvalue weighted by Crippen LogP contribution is -1.91. The molecule has 42 valence electrons. The molecule has 0 aromatic rings. The molecule has 0 atom stereocenters. The van der Waals surface area contributed by atoms with Gasteiger partial charge in [0, 0.05) is 6.08 Å². The van der Waals surface area contributed by atoms with Gasteiger partial charge in [-0.15, -0.1) is 0 Å². The predicted molar refractivity (Wildman–Crippen MR) is 24.7 cm³/mol. The van der Waals surface area contributed by atoms with Crippen LogP contribution in [0.4, 0.5) is 4.70 Å². The van der Waals surface area contributed by atoms with Gasteiger partial charge in [0.05, 0.1) is 7.11 Å². The van der Waals surface area contributed by atoms with E-state index in [9.17, 15) is 4.79 Å². The van der Waals surface area contributed by atoms with Gasteiger partial charge in [0.15, 0.2) is 0 Å². The van der Waals surface area contributed by atoms with Crippen molar-refractivity contribution in [2.24, 2.45) is 0 Å². The summed E-state index contributed by atoms with van der Waals surface area (Å²) in [6.45, 7) is 3.16. The zero-order valence-electron chi connectivity index (χ0n) is 4.01. The Bertz CT molecular complexity index is 70.1. The molecule has 0 saturated heterocycles. The zero-order chi connectivity index (χ0) is 4.99. The van der Waals surface area contributed by atoms with Gasteiger partial charge in [-0.3, -0.25) is 4.70 Å². The second kappa shape index (κ2) is 5.14. The number of ether oxygens (including phenoxy) is 1. The van der Waals surface area contributed by atoms with Crippen LogP contribution in [0.2, 0.25) is 0 Å².